The van der Waals surface area contributed by atoms with Crippen molar-refractivity contribution >= 4 is 22.7 Å². The molecule has 1 saturated heterocycles. The summed E-state index contributed by atoms with van der Waals surface area (Å²) in [7, 11) is 1.89. The minimum atomic E-state index is 0.578. The summed E-state index contributed by atoms with van der Waals surface area (Å²) in [5.74, 6) is 2.46. The van der Waals surface area contributed by atoms with E-state index in [1.54, 1.807) is 11.0 Å². The van der Waals surface area contributed by atoms with E-state index in [1.165, 1.54) is 24.1 Å². The molecule has 0 unspecified atom stereocenters. The lowest BCUT2D eigenvalue weighted by atomic mass is 9.95. The summed E-state index contributed by atoms with van der Waals surface area (Å²) in [5.41, 5.74) is 3.44. The predicted molar refractivity (Wildman–Crippen MR) is 99.2 cm³/mol. The zero-order valence-corrected chi connectivity index (χ0v) is 14.9. The normalized spacial score (nSPS) is 17.2. The molecule has 0 saturated carbocycles. The molecule has 3 aromatic heterocycles. The van der Waals surface area contributed by atoms with Crippen LogP contribution in [-0.2, 0) is 19.9 Å². The molecule has 3 aromatic rings. The average Bonchev–Trinajstić information content (AvgIpc) is 3.02. The largest absolute Gasteiger partial charge is 0.369 e. The van der Waals surface area contributed by atoms with Crippen molar-refractivity contribution in [3.63, 3.8) is 0 Å². The maximum Gasteiger partial charge on any atom is 0.163 e. The third-order valence-electron chi connectivity index (χ3n) is 5.43. The number of nitrogens with one attached hydrogen (secondary N) is 1. The van der Waals surface area contributed by atoms with Crippen LogP contribution in [0.3, 0.4) is 0 Å². The van der Waals surface area contributed by atoms with Crippen molar-refractivity contribution in [2.24, 2.45) is 13.0 Å². The maximum absolute atomic E-state index is 4.44. The molecule has 0 atom stereocenters. The molecule has 0 radical (unpaired) electrons. The number of anilines is 2. The van der Waals surface area contributed by atoms with Gasteiger partial charge in [0.1, 0.15) is 12.1 Å². The first-order valence-corrected chi connectivity index (χ1v) is 9.25. The number of aromatic nitrogens is 6. The van der Waals surface area contributed by atoms with E-state index in [0.29, 0.717) is 5.92 Å². The molecule has 1 fully saturated rings. The summed E-state index contributed by atoms with van der Waals surface area (Å²) in [6.07, 6.45) is 8.14. The molecular weight excluding hydrogens is 328 g/mol. The molecule has 0 amide bonds. The third kappa shape index (κ3) is 2.65. The number of aryl methyl sites for hydroxylation is 3. The molecule has 5 rings (SSSR count). The first-order chi connectivity index (χ1) is 12.8. The van der Waals surface area contributed by atoms with Crippen LogP contribution in [0.5, 0.6) is 0 Å². The number of hydrogen-bond donors (Lipinski definition) is 1. The van der Waals surface area contributed by atoms with Gasteiger partial charge >= 0.3 is 0 Å². The molecule has 0 spiro atoms. The van der Waals surface area contributed by atoms with E-state index < -0.39 is 0 Å². The lowest BCUT2D eigenvalue weighted by molar-refractivity contribution is 0.424. The van der Waals surface area contributed by atoms with Gasteiger partial charge in [0.15, 0.2) is 11.5 Å². The first-order valence-electron chi connectivity index (χ1n) is 9.25. The Morgan fingerprint density at radius 3 is 2.96 bits per heavy atom. The molecule has 26 heavy (non-hydrogen) atoms. The van der Waals surface area contributed by atoms with Gasteiger partial charge in [0.05, 0.1) is 17.3 Å². The molecule has 1 aliphatic carbocycles. The van der Waals surface area contributed by atoms with Crippen LogP contribution >= 0.6 is 0 Å². The van der Waals surface area contributed by atoms with E-state index in [-0.39, 0.29) is 0 Å². The molecule has 1 aliphatic heterocycles. The van der Waals surface area contributed by atoms with Crippen molar-refractivity contribution in [3.05, 3.63) is 29.8 Å². The van der Waals surface area contributed by atoms with Gasteiger partial charge in [-0.2, -0.15) is 10.2 Å². The van der Waals surface area contributed by atoms with Crippen molar-refractivity contribution in [1.29, 1.82) is 0 Å². The second kappa shape index (κ2) is 6.19. The van der Waals surface area contributed by atoms with E-state index in [4.69, 9.17) is 0 Å². The second-order valence-corrected chi connectivity index (χ2v) is 7.26. The van der Waals surface area contributed by atoms with Crippen LogP contribution < -0.4 is 10.2 Å². The minimum absolute atomic E-state index is 0.578. The summed E-state index contributed by atoms with van der Waals surface area (Å²) in [4.78, 5) is 11.0. The van der Waals surface area contributed by atoms with Gasteiger partial charge in [-0.15, -0.1) is 5.10 Å². The maximum atomic E-state index is 4.44. The molecule has 2 aliphatic rings. The van der Waals surface area contributed by atoms with Crippen LogP contribution in [0.2, 0.25) is 0 Å². The smallest absolute Gasteiger partial charge is 0.163 e. The van der Waals surface area contributed by atoms with Gasteiger partial charge in [-0.05, 0) is 37.3 Å². The molecule has 134 valence electrons. The SMILES string of the molecule is Cn1ncc2c(NCC3CN(c4cc5c(nn4)CCCC5)C3)ncnc21. The highest BCUT2D eigenvalue weighted by Gasteiger charge is 2.29. The van der Waals surface area contributed by atoms with Gasteiger partial charge in [-0.1, -0.05) is 0 Å². The van der Waals surface area contributed by atoms with E-state index in [2.05, 4.69) is 41.5 Å². The fourth-order valence-corrected chi connectivity index (χ4v) is 3.86. The van der Waals surface area contributed by atoms with Crippen molar-refractivity contribution in [2.75, 3.05) is 29.9 Å². The minimum Gasteiger partial charge on any atom is -0.369 e. The quantitative estimate of drug-likeness (QED) is 0.764. The fraction of sp³-hybridized carbons (Fsp3) is 0.500. The zero-order chi connectivity index (χ0) is 17.5. The van der Waals surface area contributed by atoms with Gasteiger partial charge < -0.3 is 10.2 Å². The highest BCUT2D eigenvalue weighted by atomic mass is 15.3. The van der Waals surface area contributed by atoms with Crippen LogP contribution in [0.15, 0.2) is 18.6 Å². The van der Waals surface area contributed by atoms with Gasteiger partial charge in [-0.25, -0.2) is 9.97 Å². The van der Waals surface area contributed by atoms with Crippen LogP contribution in [0.1, 0.15) is 24.1 Å². The van der Waals surface area contributed by atoms with E-state index in [9.17, 15) is 0 Å². The van der Waals surface area contributed by atoms with Crippen molar-refractivity contribution in [3.8, 4) is 0 Å². The molecule has 4 heterocycles. The van der Waals surface area contributed by atoms with Crippen molar-refractivity contribution < 1.29 is 0 Å². The summed E-state index contributed by atoms with van der Waals surface area (Å²) >= 11 is 0. The highest BCUT2D eigenvalue weighted by Crippen LogP contribution is 2.27. The molecule has 0 aromatic carbocycles. The monoisotopic (exact) mass is 350 g/mol. The molecule has 1 N–H and O–H groups in total. The molecule has 8 nitrogen and oxygen atoms in total. The lowest BCUT2D eigenvalue weighted by Gasteiger charge is -2.40. The summed E-state index contributed by atoms with van der Waals surface area (Å²) in [6.45, 7) is 2.89. The van der Waals surface area contributed by atoms with Gasteiger partial charge in [0.25, 0.3) is 0 Å². The number of hydrogen-bond acceptors (Lipinski definition) is 7. The molecular formula is C18H22N8. The standard InChI is InChI=1S/C18H22N8/c1-25-18-14(8-22-25)17(20-11-21-18)19-7-12-9-26(10-12)16-6-13-4-2-3-5-15(13)23-24-16/h6,8,11-12H,2-5,7,9-10H2,1H3,(H,19,20,21). The Bertz CT molecular complexity index is 944. The van der Waals surface area contributed by atoms with E-state index in [1.807, 2.05) is 13.2 Å². The topological polar surface area (TPSA) is 84.7 Å². The van der Waals surface area contributed by atoms with Crippen molar-refractivity contribution in [1.82, 2.24) is 29.9 Å². The van der Waals surface area contributed by atoms with Crippen LogP contribution in [-0.4, -0.2) is 49.6 Å². The predicted octanol–water partition coefficient (Wildman–Crippen LogP) is 1.58. The first kappa shape index (κ1) is 15.5. The van der Waals surface area contributed by atoms with Gasteiger partial charge in [0, 0.05) is 32.6 Å². The lowest BCUT2D eigenvalue weighted by Crippen LogP contribution is -2.50. The van der Waals surface area contributed by atoms with Crippen molar-refractivity contribution in [2.45, 2.75) is 25.7 Å². The fourth-order valence-electron chi connectivity index (χ4n) is 3.86. The average molecular weight is 350 g/mol. The van der Waals surface area contributed by atoms with Crippen LogP contribution in [0.4, 0.5) is 11.6 Å². The molecule has 8 heteroatoms. The second-order valence-electron chi connectivity index (χ2n) is 7.26. The van der Waals surface area contributed by atoms with Gasteiger partial charge in [-0.3, -0.25) is 4.68 Å². The Balaban J connectivity index is 1.21. The summed E-state index contributed by atoms with van der Waals surface area (Å²) in [5, 5.41) is 17.6. The number of rotatable bonds is 4. The number of nitrogens with zero attached hydrogens (tertiary/aromatic N) is 7. The highest BCUT2D eigenvalue weighted by molar-refractivity contribution is 5.85. The number of fused-ring (bicyclic) bond motifs is 2. The molecule has 0 bridgehead atoms. The summed E-state index contributed by atoms with van der Waals surface area (Å²) in [6, 6.07) is 2.24. The van der Waals surface area contributed by atoms with E-state index >= 15 is 0 Å². The Morgan fingerprint density at radius 1 is 1.15 bits per heavy atom. The van der Waals surface area contributed by atoms with Crippen LogP contribution in [0.25, 0.3) is 11.0 Å². The zero-order valence-electron chi connectivity index (χ0n) is 14.9. The summed E-state index contributed by atoms with van der Waals surface area (Å²) < 4.78 is 1.77. The van der Waals surface area contributed by atoms with Gasteiger partial charge in [0.2, 0.25) is 0 Å². The Kier molecular flexibility index (Phi) is 3.69. The van der Waals surface area contributed by atoms with Crippen LogP contribution in [0, 0.1) is 5.92 Å². The van der Waals surface area contributed by atoms with E-state index in [0.717, 1.165) is 55.1 Å². The Morgan fingerprint density at radius 2 is 2.04 bits per heavy atom. The third-order valence-corrected chi connectivity index (χ3v) is 5.43. The Hall–Kier alpha value is -2.77. The Labute approximate surface area is 151 Å².